The zero-order valence-corrected chi connectivity index (χ0v) is 18.5. The van der Waals surface area contributed by atoms with Crippen molar-refractivity contribution in [1.29, 1.82) is 0 Å². The lowest BCUT2D eigenvalue weighted by molar-refractivity contribution is 0.243. The molecule has 0 saturated carbocycles. The van der Waals surface area contributed by atoms with E-state index in [4.69, 9.17) is 9.47 Å². The fourth-order valence-electron chi connectivity index (χ4n) is 4.05. The third kappa shape index (κ3) is 5.01. The van der Waals surface area contributed by atoms with Crippen LogP contribution in [0.3, 0.4) is 0 Å². The Labute approximate surface area is 188 Å². The van der Waals surface area contributed by atoms with E-state index < -0.39 is 11.6 Å². The second-order valence-corrected chi connectivity index (χ2v) is 8.25. The summed E-state index contributed by atoms with van der Waals surface area (Å²) in [5.41, 5.74) is 4.98. The summed E-state index contributed by atoms with van der Waals surface area (Å²) in [5, 5.41) is 0. The lowest BCUT2D eigenvalue weighted by Gasteiger charge is -2.23. The molecule has 0 fully saturated rings. The Kier molecular flexibility index (Phi) is 6.89. The van der Waals surface area contributed by atoms with Gasteiger partial charge in [0.25, 0.3) is 0 Å². The second kappa shape index (κ2) is 9.99. The van der Waals surface area contributed by atoms with Crippen LogP contribution in [0.5, 0.6) is 11.5 Å². The van der Waals surface area contributed by atoms with Gasteiger partial charge in [0.2, 0.25) is 11.6 Å². The minimum absolute atomic E-state index is 0.0758. The molecule has 0 aromatic heterocycles. The minimum Gasteiger partial charge on any atom is -0.491 e. The number of allylic oxidation sites excluding steroid dienone is 1. The van der Waals surface area contributed by atoms with Crippen molar-refractivity contribution in [2.24, 2.45) is 5.92 Å². The van der Waals surface area contributed by atoms with Crippen LogP contribution in [0.4, 0.5) is 8.78 Å². The predicted octanol–water partition coefficient (Wildman–Crippen LogP) is 7.47. The molecule has 1 aliphatic carbocycles. The Balaban J connectivity index is 1.35. The monoisotopic (exact) mass is 434 g/mol. The van der Waals surface area contributed by atoms with Gasteiger partial charge in [-0.05, 0) is 55.5 Å². The lowest BCUT2D eigenvalue weighted by atomic mass is 9.84. The van der Waals surface area contributed by atoms with Gasteiger partial charge in [-0.15, -0.1) is 0 Å². The van der Waals surface area contributed by atoms with Crippen molar-refractivity contribution in [3.63, 3.8) is 0 Å². The molecule has 3 aromatic carbocycles. The summed E-state index contributed by atoms with van der Waals surface area (Å²) in [5.74, 6) is -1.63. The molecule has 0 bridgehead atoms. The first-order chi connectivity index (χ1) is 15.5. The number of hydrogen-bond acceptors (Lipinski definition) is 2. The fraction of sp³-hybridized carbons (Fsp3) is 0.286. The van der Waals surface area contributed by atoms with Crippen LogP contribution in [0.15, 0.2) is 72.8 Å². The Morgan fingerprint density at radius 2 is 1.34 bits per heavy atom. The van der Waals surface area contributed by atoms with Gasteiger partial charge in [0.05, 0.1) is 13.2 Å². The van der Waals surface area contributed by atoms with Crippen molar-refractivity contribution >= 4 is 0 Å². The molecule has 0 N–H and O–H groups in total. The lowest BCUT2D eigenvalue weighted by Crippen LogP contribution is -2.15. The van der Waals surface area contributed by atoms with Crippen LogP contribution < -0.4 is 9.47 Å². The maximum atomic E-state index is 14.2. The SMILES string of the molecule is CCOc1ccc(OCC2C=CC(c3ccc(-c4ccc(C)cc4)cc3)CC2)c(F)c1F. The molecule has 0 spiro atoms. The number of rotatable bonds is 7. The van der Waals surface area contributed by atoms with Gasteiger partial charge in [0, 0.05) is 11.8 Å². The van der Waals surface area contributed by atoms with E-state index in [1.165, 1.54) is 34.4 Å². The second-order valence-electron chi connectivity index (χ2n) is 8.25. The zero-order valence-electron chi connectivity index (χ0n) is 18.5. The van der Waals surface area contributed by atoms with Gasteiger partial charge in [-0.2, -0.15) is 8.78 Å². The molecule has 1 aliphatic rings. The van der Waals surface area contributed by atoms with E-state index in [1.807, 2.05) is 0 Å². The molecule has 0 saturated heterocycles. The zero-order chi connectivity index (χ0) is 22.5. The predicted molar refractivity (Wildman–Crippen MR) is 124 cm³/mol. The van der Waals surface area contributed by atoms with Gasteiger partial charge in [-0.25, -0.2) is 0 Å². The third-order valence-electron chi connectivity index (χ3n) is 5.95. The van der Waals surface area contributed by atoms with Crippen LogP contribution in [0.1, 0.15) is 36.8 Å². The van der Waals surface area contributed by atoms with Gasteiger partial charge in [0.1, 0.15) is 0 Å². The van der Waals surface area contributed by atoms with E-state index in [9.17, 15) is 8.78 Å². The molecule has 2 unspecified atom stereocenters. The first-order valence-electron chi connectivity index (χ1n) is 11.1. The Morgan fingerprint density at radius 3 is 1.91 bits per heavy atom. The first-order valence-corrected chi connectivity index (χ1v) is 11.1. The standard InChI is InChI=1S/C28H28F2O2/c1-3-31-25-16-17-26(28(30)27(25)29)32-18-20-6-10-22(11-7-20)24-14-12-23(13-15-24)21-8-4-19(2)5-9-21/h4-6,8-10,12-17,20,22H,3,7,11,18H2,1-2H3. The highest BCUT2D eigenvalue weighted by molar-refractivity contribution is 5.64. The van der Waals surface area contributed by atoms with Gasteiger partial charge < -0.3 is 9.47 Å². The van der Waals surface area contributed by atoms with Crippen molar-refractivity contribution in [2.75, 3.05) is 13.2 Å². The summed E-state index contributed by atoms with van der Waals surface area (Å²) in [6, 6.07) is 20.1. The Morgan fingerprint density at radius 1 is 0.750 bits per heavy atom. The Bertz CT molecular complexity index is 1070. The highest BCUT2D eigenvalue weighted by Gasteiger charge is 2.20. The topological polar surface area (TPSA) is 18.5 Å². The number of aryl methyl sites for hydroxylation is 1. The molecule has 4 rings (SSSR count). The summed E-state index contributed by atoms with van der Waals surface area (Å²) in [6.07, 6.45) is 6.26. The average molecular weight is 435 g/mol. The van der Waals surface area contributed by atoms with Crippen LogP contribution in [-0.2, 0) is 0 Å². The van der Waals surface area contributed by atoms with Gasteiger partial charge in [0.15, 0.2) is 11.5 Å². The minimum atomic E-state index is -1.00. The van der Waals surface area contributed by atoms with Crippen molar-refractivity contribution in [3.8, 4) is 22.6 Å². The highest BCUT2D eigenvalue weighted by atomic mass is 19.2. The summed E-state index contributed by atoms with van der Waals surface area (Å²) < 4.78 is 38.9. The van der Waals surface area contributed by atoms with E-state index in [0.717, 1.165) is 12.8 Å². The number of benzene rings is 3. The molecule has 0 radical (unpaired) electrons. The molecule has 0 amide bonds. The van der Waals surface area contributed by atoms with Crippen LogP contribution in [-0.4, -0.2) is 13.2 Å². The van der Waals surface area contributed by atoms with E-state index in [2.05, 4.69) is 67.6 Å². The molecule has 3 aromatic rings. The third-order valence-corrected chi connectivity index (χ3v) is 5.95. The smallest absolute Gasteiger partial charge is 0.204 e. The van der Waals surface area contributed by atoms with E-state index in [-0.39, 0.29) is 24.0 Å². The molecule has 32 heavy (non-hydrogen) atoms. The molecule has 2 nitrogen and oxygen atoms in total. The van der Waals surface area contributed by atoms with Crippen molar-refractivity contribution < 1.29 is 18.3 Å². The fourth-order valence-corrected chi connectivity index (χ4v) is 4.05. The molecule has 4 heteroatoms. The molecule has 0 aliphatic heterocycles. The molecular weight excluding hydrogens is 406 g/mol. The van der Waals surface area contributed by atoms with Crippen LogP contribution in [0.2, 0.25) is 0 Å². The average Bonchev–Trinajstić information content (AvgIpc) is 2.83. The molecule has 0 heterocycles. The van der Waals surface area contributed by atoms with Gasteiger partial charge in [-0.1, -0.05) is 66.2 Å². The maximum absolute atomic E-state index is 14.2. The number of hydrogen-bond donors (Lipinski definition) is 0. The summed E-state index contributed by atoms with van der Waals surface area (Å²) in [6.45, 7) is 4.41. The Hall–Kier alpha value is -3.14. The molecule has 2 atom stereocenters. The maximum Gasteiger partial charge on any atom is 0.204 e. The van der Waals surface area contributed by atoms with Gasteiger partial charge in [-0.3, -0.25) is 0 Å². The van der Waals surface area contributed by atoms with E-state index in [0.29, 0.717) is 12.5 Å². The van der Waals surface area contributed by atoms with Crippen molar-refractivity contribution in [3.05, 3.63) is 95.6 Å². The number of halogens is 2. The van der Waals surface area contributed by atoms with Crippen molar-refractivity contribution in [1.82, 2.24) is 0 Å². The van der Waals surface area contributed by atoms with Crippen LogP contribution >= 0.6 is 0 Å². The molecular formula is C28H28F2O2. The normalized spacial score (nSPS) is 17.9. The summed E-state index contributed by atoms with van der Waals surface area (Å²) in [7, 11) is 0. The van der Waals surface area contributed by atoms with Crippen LogP contribution in [0.25, 0.3) is 11.1 Å². The van der Waals surface area contributed by atoms with Crippen LogP contribution in [0, 0.1) is 24.5 Å². The summed E-state index contributed by atoms with van der Waals surface area (Å²) in [4.78, 5) is 0. The number of ether oxygens (including phenoxy) is 2. The van der Waals surface area contributed by atoms with Gasteiger partial charge >= 0.3 is 0 Å². The summed E-state index contributed by atoms with van der Waals surface area (Å²) >= 11 is 0. The quantitative estimate of drug-likeness (QED) is 0.359. The van der Waals surface area contributed by atoms with E-state index in [1.54, 1.807) is 6.92 Å². The van der Waals surface area contributed by atoms with E-state index >= 15 is 0 Å². The highest BCUT2D eigenvalue weighted by Crippen LogP contribution is 2.33. The largest absolute Gasteiger partial charge is 0.491 e. The first kappa shape index (κ1) is 22.1. The molecule has 166 valence electrons. The van der Waals surface area contributed by atoms with Crippen molar-refractivity contribution in [2.45, 2.75) is 32.6 Å².